The summed E-state index contributed by atoms with van der Waals surface area (Å²) in [6, 6.07) is 0. The van der Waals surface area contributed by atoms with E-state index >= 15 is 0 Å². The van der Waals surface area contributed by atoms with Crippen molar-refractivity contribution < 1.29 is 13.6 Å². The van der Waals surface area contributed by atoms with Crippen molar-refractivity contribution in [2.24, 2.45) is 5.92 Å². The molecule has 0 aromatic heterocycles. The average molecular weight is 177 g/mol. The van der Waals surface area contributed by atoms with Gasteiger partial charge in [0.1, 0.15) is 13.2 Å². The number of hydrogen-bond donors (Lipinski definition) is 0. The number of hydrogen-bond acceptors (Lipinski definition) is 3. The van der Waals surface area contributed by atoms with E-state index in [9.17, 15) is 4.57 Å². The van der Waals surface area contributed by atoms with Crippen molar-refractivity contribution in [3.63, 3.8) is 0 Å². The van der Waals surface area contributed by atoms with Gasteiger partial charge >= 0.3 is 8.25 Å². The maximum absolute atomic E-state index is 10.8. The minimum atomic E-state index is -1.94. The summed E-state index contributed by atoms with van der Waals surface area (Å²) in [5, 5.41) is 0. The van der Waals surface area contributed by atoms with Gasteiger partial charge in [0.05, 0.1) is 0 Å². The van der Waals surface area contributed by atoms with E-state index in [1.54, 1.807) is 0 Å². The van der Waals surface area contributed by atoms with Crippen LogP contribution in [0.2, 0.25) is 0 Å². The van der Waals surface area contributed by atoms with Gasteiger partial charge < -0.3 is 0 Å². The third-order valence-electron chi connectivity index (χ3n) is 0.811. The van der Waals surface area contributed by atoms with Gasteiger partial charge in [-0.3, -0.25) is 0 Å². The molecule has 0 N–H and O–H groups in total. The molecule has 0 saturated heterocycles. The first-order valence-corrected chi connectivity index (χ1v) is 4.60. The topological polar surface area (TPSA) is 35.5 Å². The quantitative estimate of drug-likeness (QED) is 0.462. The average Bonchev–Trinajstić information content (AvgIpc) is 1.97. The van der Waals surface area contributed by atoms with E-state index < -0.39 is 8.25 Å². The molecule has 1 atom stereocenters. The second-order valence-corrected chi connectivity index (χ2v) is 3.46. The van der Waals surface area contributed by atoms with Crippen LogP contribution in [0.5, 0.6) is 0 Å². The van der Waals surface area contributed by atoms with Crippen molar-refractivity contribution in [3.05, 3.63) is 12.7 Å². The van der Waals surface area contributed by atoms with Crippen LogP contribution in [0.15, 0.2) is 12.7 Å². The smallest absolute Gasteiger partial charge is 0.119 e. The molecule has 0 aromatic rings. The van der Waals surface area contributed by atoms with Gasteiger partial charge in [-0.15, -0.1) is 15.6 Å². The Morgan fingerprint density at radius 2 is 2.18 bits per heavy atom. The Labute approximate surface area is 68.3 Å². The van der Waals surface area contributed by atoms with E-state index in [-0.39, 0.29) is 6.61 Å². The summed E-state index contributed by atoms with van der Waals surface area (Å²) in [6.07, 6.45) is 1.53. The van der Waals surface area contributed by atoms with Crippen LogP contribution in [0.25, 0.3) is 0 Å². The van der Waals surface area contributed by atoms with Crippen LogP contribution < -0.4 is 0 Å². The molecule has 0 heterocycles. The molecule has 0 saturated carbocycles. The largest absolute Gasteiger partial charge is 0.697 e. The van der Waals surface area contributed by atoms with E-state index in [4.69, 9.17) is 9.05 Å². The second kappa shape index (κ2) is 6.47. The Morgan fingerprint density at radius 3 is 2.64 bits per heavy atom. The lowest BCUT2D eigenvalue weighted by molar-refractivity contribution is 0.218. The predicted octanol–water partition coefficient (Wildman–Crippen LogP) is 2.52. The summed E-state index contributed by atoms with van der Waals surface area (Å²) in [4.78, 5) is 0. The van der Waals surface area contributed by atoms with E-state index in [0.717, 1.165) is 0 Å². The maximum atomic E-state index is 10.8. The molecule has 3 nitrogen and oxygen atoms in total. The van der Waals surface area contributed by atoms with Crippen molar-refractivity contribution in [3.8, 4) is 0 Å². The minimum Gasteiger partial charge on any atom is -0.119 e. The van der Waals surface area contributed by atoms with Gasteiger partial charge in [0, 0.05) is 4.57 Å². The molecular weight excluding hydrogens is 163 g/mol. The Hall–Kier alpha value is -0.240. The summed E-state index contributed by atoms with van der Waals surface area (Å²) >= 11 is 0. The van der Waals surface area contributed by atoms with E-state index in [0.29, 0.717) is 12.5 Å². The molecule has 0 aliphatic carbocycles. The molecule has 64 valence electrons. The predicted molar refractivity (Wildman–Crippen MR) is 44.5 cm³/mol. The summed E-state index contributed by atoms with van der Waals surface area (Å²) in [5.41, 5.74) is 0. The lowest BCUT2D eigenvalue weighted by Gasteiger charge is -1.94. The molecule has 0 radical (unpaired) electrons. The molecule has 0 rings (SSSR count). The lowest BCUT2D eigenvalue weighted by atomic mass is 10.2. The molecule has 0 aromatic carbocycles. The minimum absolute atomic E-state index is 0.271. The fraction of sp³-hybridized carbons (Fsp3) is 0.714. The zero-order valence-electron chi connectivity index (χ0n) is 6.95. The molecule has 0 aliphatic rings. The highest BCUT2D eigenvalue weighted by atomic mass is 31.1. The maximum Gasteiger partial charge on any atom is 0.697 e. The summed E-state index contributed by atoms with van der Waals surface area (Å²) < 4.78 is 20.3. The molecule has 11 heavy (non-hydrogen) atoms. The van der Waals surface area contributed by atoms with Crippen molar-refractivity contribution >= 4 is 8.25 Å². The normalized spacial score (nSPS) is 11.7. The van der Waals surface area contributed by atoms with Crippen LogP contribution in [0.4, 0.5) is 0 Å². The van der Waals surface area contributed by atoms with Gasteiger partial charge in [-0.2, -0.15) is 0 Å². The monoisotopic (exact) mass is 177 g/mol. The van der Waals surface area contributed by atoms with Crippen molar-refractivity contribution in [2.45, 2.75) is 13.8 Å². The van der Waals surface area contributed by atoms with E-state index in [1.807, 2.05) is 13.8 Å². The zero-order valence-corrected chi connectivity index (χ0v) is 7.84. The van der Waals surface area contributed by atoms with Gasteiger partial charge in [-0.1, -0.05) is 19.9 Å². The van der Waals surface area contributed by atoms with Gasteiger partial charge in [0.15, 0.2) is 0 Å². The Bertz CT molecular complexity index is 134. The molecule has 0 bridgehead atoms. The van der Waals surface area contributed by atoms with Crippen LogP contribution in [-0.4, -0.2) is 13.2 Å². The summed E-state index contributed by atoms with van der Waals surface area (Å²) in [5.74, 6) is 0.376. The van der Waals surface area contributed by atoms with Crippen molar-refractivity contribution in [2.75, 3.05) is 13.2 Å². The molecule has 0 spiro atoms. The highest BCUT2D eigenvalue weighted by molar-refractivity contribution is 7.33. The highest BCUT2D eigenvalue weighted by Gasteiger charge is 2.19. The van der Waals surface area contributed by atoms with Gasteiger partial charge in [-0.25, -0.2) is 0 Å². The van der Waals surface area contributed by atoms with Crippen molar-refractivity contribution in [1.82, 2.24) is 0 Å². The van der Waals surface area contributed by atoms with Crippen LogP contribution in [0.1, 0.15) is 13.8 Å². The Kier molecular flexibility index (Phi) is 6.33. The first-order valence-electron chi connectivity index (χ1n) is 3.50. The van der Waals surface area contributed by atoms with E-state index in [2.05, 4.69) is 6.58 Å². The highest BCUT2D eigenvalue weighted by Crippen LogP contribution is 2.23. The molecule has 0 amide bonds. The standard InChI is InChI=1S/C7H14O3P/c1-4-5-9-11(8)10-6-7(2)3/h4,7H,1,5-6H2,2-3H3/q+1. The van der Waals surface area contributed by atoms with Crippen LogP contribution >= 0.6 is 8.25 Å². The SMILES string of the molecule is C=CCO[P+](=O)OCC(C)C. The third kappa shape index (κ3) is 7.66. The van der Waals surface area contributed by atoms with Crippen LogP contribution in [0, 0.1) is 5.92 Å². The lowest BCUT2D eigenvalue weighted by Crippen LogP contribution is -1.96. The van der Waals surface area contributed by atoms with Crippen LogP contribution in [-0.2, 0) is 13.6 Å². The summed E-state index contributed by atoms with van der Waals surface area (Å²) in [6.45, 7) is 8.12. The molecule has 1 unspecified atom stereocenters. The first-order chi connectivity index (χ1) is 5.16. The molecule has 4 heteroatoms. The van der Waals surface area contributed by atoms with E-state index in [1.165, 1.54) is 6.08 Å². The summed E-state index contributed by atoms with van der Waals surface area (Å²) in [7, 11) is -1.94. The zero-order chi connectivity index (χ0) is 8.69. The molecule has 0 fully saturated rings. The fourth-order valence-electron chi connectivity index (χ4n) is 0.361. The third-order valence-corrected chi connectivity index (χ3v) is 1.53. The second-order valence-electron chi connectivity index (χ2n) is 2.50. The number of rotatable bonds is 6. The molecular formula is C7H14O3P+. The molecule has 0 aliphatic heterocycles. The van der Waals surface area contributed by atoms with Crippen LogP contribution in [0.3, 0.4) is 0 Å². The Balaban J connectivity index is 3.29. The van der Waals surface area contributed by atoms with Gasteiger partial charge in [0.25, 0.3) is 0 Å². The Morgan fingerprint density at radius 1 is 1.55 bits per heavy atom. The first kappa shape index (κ1) is 10.8. The van der Waals surface area contributed by atoms with Gasteiger partial charge in [0.2, 0.25) is 0 Å². The van der Waals surface area contributed by atoms with Gasteiger partial charge in [-0.05, 0) is 5.92 Å². The van der Waals surface area contributed by atoms with Crippen molar-refractivity contribution in [1.29, 1.82) is 0 Å². The fourth-order valence-corrected chi connectivity index (χ4v) is 1.08.